The zero-order valence-corrected chi connectivity index (χ0v) is 18.0. The van der Waals surface area contributed by atoms with Crippen LogP contribution in [0.3, 0.4) is 0 Å². The largest absolute Gasteiger partial charge is 0.401 e. The summed E-state index contributed by atoms with van der Waals surface area (Å²) in [5.41, 5.74) is 6.31. The van der Waals surface area contributed by atoms with Crippen molar-refractivity contribution in [2.75, 3.05) is 45.8 Å². The molecule has 0 spiro atoms. The number of nitrogens with two attached hydrogens (primary N) is 1. The van der Waals surface area contributed by atoms with Crippen molar-refractivity contribution in [1.82, 2.24) is 14.7 Å². The van der Waals surface area contributed by atoms with Crippen LogP contribution in [0, 0.1) is 6.42 Å². The van der Waals surface area contributed by atoms with E-state index in [0.29, 0.717) is 51.7 Å². The van der Waals surface area contributed by atoms with E-state index >= 15 is 0 Å². The standard InChI is InChI=1S/C21H27ClF3N4O2/c22-18-3-1-15(13-17(18)20(26)31)2-4-19(30)29-7-5-16(6-8-29)28-11-9-27(10-12-28)14-21(23,24)25/h1,3-4,13,16H,2,5-12,14H2,(H2,26,31). The Kier molecular flexibility index (Phi) is 7.82. The van der Waals surface area contributed by atoms with Crippen LogP contribution in [0.25, 0.3) is 0 Å². The zero-order chi connectivity index (χ0) is 22.6. The maximum atomic E-state index is 12.5. The summed E-state index contributed by atoms with van der Waals surface area (Å²) in [6, 6.07) is 5.24. The summed E-state index contributed by atoms with van der Waals surface area (Å²) in [5.74, 6) is -0.677. The highest BCUT2D eigenvalue weighted by Gasteiger charge is 2.34. The van der Waals surface area contributed by atoms with E-state index in [9.17, 15) is 22.8 Å². The van der Waals surface area contributed by atoms with Crippen molar-refractivity contribution in [3.63, 3.8) is 0 Å². The second-order valence-electron chi connectivity index (χ2n) is 8.07. The molecule has 171 valence electrons. The van der Waals surface area contributed by atoms with Crippen LogP contribution in [-0.4, -0.2) is 84.5 Å². The summed E-state index contributed by atoms with van der Waals surface area (Å²) in [4.78, 5) is 29.4. The van der Waals surface area contributed by atoms with Gasteiger partial charge < -0.3 is 10.6 Å². The highest BCUT2D eigenvalue weighted by Crippen LogP contribution is 2.22. The van der Waals surface area contributed by atoms with Crippen molar-refractivity contribution in [2.45, 2.75) is 31.5 Å². The molecule has 0 saturated carbocycles. The molecule has 2 N–H and O–H groups in total. The van der Waals surface area contributed by atoms with Crippen LogP contribution in [0.2, 0.25) is 5.02 Å². The fraction of sp³-hybridized carbons (Fsp3) is 0.571. The van der Waals surface area contributed by atoms with Crippen molar-refractivity contribution >= 4 is 23.4 Å². The number of piperazine rings is 1. The van der Waals surface area contributed by atoms with Gasteiger partial charge in [0.15, 0.2) is 0 Å². The van der Waals surface area contributed by atoms with Gasteiger partial charge in [-0.15, -0.1) is 0 Å². The van der Waals surface area contributed by atoms with Crippen LogP contribution >= 0.6 is 11.6 Å². The number of alkyl halides is 3. The fourth-order valence-electron chi connectivity index (χ4n) is 4.21. The second-order valence-corrected chi connectivity index (χ2v) is 8.48. The third-order valence-electron chi connectivity index (χ3n) is 5.91. The van der Waals surface area contributed by atoms with Crippen LogP contribution < -0.4 is 5.73 Å². The van der Waals surface area contributed by atoms with Crippen LogP contribution in [-0.2, 0) is 11.2 Å². The Bertz CT molecular complexity index is 789. The predicted octanol–water partition coefficient (Wildman–Crippen LogP) is 2.36. The number of nitrogens with zero attached hydrogens (tertiary/aromatic N) is 3. The zero-order valence-electron chi connectivity index (χ0n) is 17.2. The highest BCUT2D eigenvalue weighted by atomic mass is 35.5. The van der Waals surface area contributed by atoms with Gasteiger partial charge in [-0.1, -0.05) is 17.7 Å². The van der Waals surface area contributed by atoms with E-state index in [-0.39, 0.29) is 16.5 Å². The Labute approximate surface area is 185 Å². The molecule has 0 atom stereocenters. The summed E-state index contributed by atoms with van der Waals surface area (Å²) in [5, 5.41) is 0.281. The van der Waals surface area contributed by atoms with Crippen molar-refractivity contribution in [3.05, 3.63) is 40.8 Å². The van der Waals surface area contributed by atoms with Gasteiger partial charge in [-0.05, 0) is 37.0 Å². The van der Waals surface area contributed by atoms with Crippen molar-refractivity contribution < 1.29 is 22.8 Å². The van der Waals surface area contributed by atoms with Crippen molar-refractivity contribution in [3.8, 4) is 0 Å². The quantitative estimate of drug-likeness (QED) is 0.709. The lowest BCUT2D eigenvalue weighted by Gasteiger charge is -2.42. The van der Waals surface area contributed by atoms with E-state index in [0.717, 1.165) is 18.4 Å². The SMILES string of the molecule is NC(=O)c1cc(C[CH]C(=O)N2CCC(N3CCN(CC(F)(F)F)CC3)CC2)ccc1Cl. The number of hydrogen-bond donors (Lipinski definition) is 1. The molecule has 0 bridgehead atoms. The monoisotopic (exact) mass is 459 g/mol. The minimum absolute atomic E-state index is 0.0657. The van der Waals surface area contributed by atoms with Crippen molar-refractivity contribution in [2.24, 2.45) is 5.73 Å². The molecule has 2 amide bonds. The van der Waals surface area contributed by atoms with Crippen LogP contribution in [0.4, 0.5) is 13.2 Å². The average molecular weight is 460 g/mol. The Balaban J connectivity index is 1.41. The number of rotatable bonds is 6. The number of benzene rings is 1. The Morgan fingerprint density at radius 1 is 1.10 bits per heavy atom. The van der Waals surface area contributed by atoms with E-state index in [1.807, 2.05) is 0 Å². The molecule has 2 aliphatic heterocycles. The Hall–Kier alpha value is -1.84. The van der Waals surface area contributed by atoms with E-state index in [2.05, 4.69) is 4.90 Å². The first-order valence-electron chi connectivity index (χ1n) is 10.4. The molecular weight excluding hydrogens is 433 g/mol. The number of primary amides is 1. The number of carbonyl (C=O) groups excluding carboxylic acids is 2. The number of likely N-dealkylation sites (tertiary alicyclic amines) is 1. The van der Waals surface area contributed by atoms with E-state index in [1.165, 1.54) is 4.90 Å². The predicted molar refractivity (Wildman–Crippen MR) is 112 cm³/mol. The number of amides is 2. The summed E-state index contributed by atoms with van der Waals surface area (Å²) in [7, 11) is 0. The smallest absolute Gasteiger partial charge is 0.366 e. The third-order valence-corrected chi connectivity index (χ3v) is 6.24. The van der Waals surface area contributed by atoms with E-state index in [4.69, 9.17) is 17.3 Å². The lowest BCUT2D eigenvalue weighted by Crippen LogP contribution is -2.54. The summed E-state index contributed by atoms with van der Waals surface area (Å²) in [6.45, 7) is 2.48. The molecule has 2 fully saturated rings. The maximum Gasteiger partial charge on any atom is 0.401 e. The van der Waals surface area contributed by atoms with Gasteiger partial charge in [0.25, 0.3) is 0 Å². The molecule has 1 radical (unpaired) electrons. The van der Waals surface area contributed by atoms with Gasteiger partial charge in [0.2, 0.25) is 11.8 Å². The Morgan fingerprint density at radius 3 is 2.32 bits per heavy atom. The van der Waals surface area contributed by atoms with Gasteiger partial charge in [-0.3, -0.25) is 19.4 Å². The van der Waals surface area contributed by atoms with Gasteiger partial charge in [0, 0.05) is 45.3 Å². The van der Waals surface area contributed by atoms with Gasteiger partial charge in [0.1, 0.15) is 0 Å². The van der Waals surface area contributed by atoms with E-state index in [1.54, 1.807) is 29.5 Å². The first-order chi connectivity index (χ1) is 14.6. The maximum absolute atomic E-state index is 12.5. The molecule has 10 heteroatoms. The van der Waals surface area contributed by atoms with Crippen LogP contribution in [0.1, 0.15) is 28.8 Å². The minimum Gasteiger partial charge on any atom is -0.366 e. The molecular formula is C21H27ClF3N4O2. The van der Waals surface area contributed by atoms with E-state index < -0.39 is 18.6 Å². The first kappa shape index (κ1) is 23.8. The number of halogens is 4. The second kappa shape index (κ2) is 10.2. The lowest BCUT2D eigenvalue weighted by molar-refractivity contribution is -0.150. The molecule has 6 nitrogen and oxygen atoms in total. The topological polar surface area (TPSA) is 69.9 Å². The molecule has 0 unspecified atom stereocenters. The minimum atomic E-state index is -4.15. The molecule has 31 heavy (non-hydrogen) atoms. The average Bonchev–Trinajstić information content (AvgIpc) is 2.72. The number of hydrogen-bond acceptors (Lipinski definition) is 4. The van der Waals surface area contributed by atoms with Gasteiger partial charge in [-0.2, -0.15) is 13.2 Å². The molecule has 2 saturated heterocycles. The first-order valence-corrected chi connectivity index (χ1v) is 10.7. The fourth-order valence-corrected chi connectivity index (χ4v) is 4.42. The molecule has 1 aromatic rings. The van der Waals surface area contributed by atoms with Crippen LogP contribution in [0.15, 0.2) is 18.2 Å². The van der Waals surface area contributed by atoms with Gasteiger partial charge in [-0.25, -0.2) is 0 Å². The third kappa shape index (κ3) is 6.82. The number of piperidine rings is 1. The van der Waals surface area contributed by atoms with Crippen molar-refractivity contribution in [1.29, 1.82) is 0 Å². The molecule has 0 aliphatic carbocycles. The molecule has 2 heterocycles. The Morgan fingerprint density at radius 2 is 1.74 bits per heavy atom. The molecule has 1 aromatic carbocycles. The summed E-state index contributed by atoms with van der Waals surface area (Å²) < 4.78 is 37.6. The molecule has 2 aliphatic rings. The highest BCUT2D eigenvalue weighted by molar-refractivity contribution is 6.33. The van der Waals surface area contributed by atoms with Gasteiger partial charge in [0.05, 0.1) is 23.6 Å². The lowest BCUT2D eigenvalue weighted by atomic mass is 10.0. The summed E-state index contributed by atoms with van der Waals surface area (Å²) in [6.07, 6.45) is -0.573. The summed E-state index contributed by atoms with van der Waals surface area (Å²) >= 11 is 5.95. The normalized spacial score (nSPS) is 19.5. The van der Waals surface area contributed by atoms with Gasteiger partial charge >= 0.3 is 6.18 Å². The number of carbonyl (C=O) groups is 2. The van der Waals surface area contributed by atoms with Crippen LogP contribution in [0.5, 0.6) is 0 Å². The molecule has 3 rings (SSSR count). The molecule has 0 aromatic heterocycles.